The summed E-state index contributed by atoms with van der Waals surface area (Å²) in [6, 6.07) is 0. The van der Waals surface area contributed by atoms with Crippen LogP contribution in [-0.4, -0.2) is 10.7 Å². The number of hydrogen-bond acceptors (Lipinski definition) is 1. The molecule has 0 spiro atoms. The predicted molar refractivity (Wildman–Crippen MR) is 46.0 cm³/mol. The van der Waals surface area contributed by atoms with E-state index in [1.165, 1.54) is 12.8 Å². The van der Waals surface area contributed by atoms with Gasteiger partial charge in [-0.2, -0.15) is 0 Å². The van der Waals surface area contributed by atoms with Crippen molar-refractivity contribution in [1.29, 1.82) is 0 Å². The van der Waals surface area contributed by atoms with E-state index in [0.29, 0.717) is 5.92 Å². The minimum Gasteiger partial charge on any atom is -0.390 e. The van der Waals surface area contributed by atoms with Gasteiger partial charge in [0.15, 0.2) is 0 Å². The van der Waals surface area contributed by atoms with Crippen molar-refractivity contribution < 1.29 is 5.11 Å². The van der Waals surface area contributed by atoms with Gasteiger partial charge in [0.25, 0.3) is 0 Å². The fourth-order valence-corrected chi connectivity index (χ4v) is 1.35. The Labute approximate surface area is 68.8 Å². The molecule has 0 aromatic heterocycles. The van der Waals surface area contributed by atoms with Crippen LogP contribution in [0.1, 0.15) is 39.5 Å². The van der Waals surface area contributed by atoms with Gasteiger partial charge in [-0.1, -0.05) is 0 Å². The van der Waals surface area contributed by atoms with Gasteiger partial charge in [-0.15, -0.1) is 11.8 Å². The average Bonchev–Trinajstić information content (AvgIpc) is 2.68. The average molecular weight is 152 g/mol. The predicted octanol–water partition coefficient (Wildman–Crippen LogP) is 1.95. The summed E-state index contributed by atoms with van der Waals surface area (Å²) in [4.78, 5) is 0. The minimum atomic E-state index is -0.441. The van der Waals surface area contributed by atoms with Crippen molar-refractivity contribution in [3.05, 3.63) is 0 Å². The largest absolute Gasteiger partial charge is 0.390 e. The molecule has 1 rings (SSSR count). The minimum absolute atomic E-state index is 0.441. The third-order valence-corrected chi connectivity index (χ3v) is 2.39. The highest BCUT2D eigenvalue weighted by atomic mass is 16.3. The van der Waals surface area contributed by atoms with Gasteiger partial charge in [-0.3, -0.25) is 0 Å². The van der Waals surface area contributed by atoms with E-state index in [4.69, 9.17) is 0 Å². The van der Waals surface area contributed by atoms with Crippen molar-refractivity contribution in [3.8, 4) is 11.8 Å². The van der Waals surface area contributed by atoms with Crippen molar-refractivity contribution in [1.82, 2.24) is 0 Å². The van der Waals surface area contributed by atoms with E-state index >= 15 is 0 Å². The van der Waals surface area contributed by atoms with Gasteiger partial charge >= 0.3 is 0 Å². The third kappa shape index (κ3) is 2.55. The molecule has 1 nitrogen and oxygen atoms in total. The van der Waals surface area contributed by atoms with Crippen molar-refractivity contribution in [2.24, 2.45) is 5.92 Å². The molecule has 1 N–H and O–H groups in total. The molecular formula is C10H16O. The highest BCUT2D eigenvalue weighted by molar-refractivity contribution is 4.99. The zero-order valence-electron chi connectivity index (χ0n) is 7.35. The van der Waals surface area contributed by atoms with Gasteiger partial charge in [0, 0.05) is 6.42 Å². The van der Waals surface area contributed by atoms with Crippen LogP contribution < -0.4 is 0 Å². The molecule has 0 heterocycles. The van der Waals surface area contributed by atoms with E-state index in [2.05, 4.69) is 11.8 Å². The van der Waals surface area contributed by atoms with Gasteiger partial charge in [-0.25, -0.2) is 0 Å². The van der Waals surface area contributed by atoms with Crippen LogP contribution >= 0.6 is 0 Å². The Morgan fingerprint density at radius 2 is 2.18 bits per heavy atom. The normalized spacial score (nSPS) is 21.7. The van der Waals surface area contributed by atoms with E-state index in [9.17, 15) is 5.11 Å². The van der Waals surface area contributed by atoms with Gasteiger partial charge in [0.2, 0.25) is 0 Å². The first-order valence-electron chi connectivity index (χ1n) is 4.29. The van der Waals surface area contributed by atoms with Gasteiger partial charge in [0.05, 0.1) is 5.60 Å². The molecule has 11 heavy (non-hydrogen) atoms. The summed E-state index contributed by atoms with van der Waals surface area (Å²) >= 11 is 0. The lowest BCUT2D eigenvalue weighted by Crippen LogP contribution is -2.26. The summed E-state index contributed by atoms with van der Waals surface area (Å²) in [5, 5.41) is 9.81. The fourth-order valence-electron chi connectivity index (χ4n) is 1.35. The van der Waals surface area contributed by atoms with E-state index in [-0.39, 0.29) is 0 Å². The lowest BCUT2D eigenvalue weighted by atomic mass is 9.95. The van der Waals surface area contributed by atoms with Crippen LogP contribution in [0.4, 0.5) is 0 Å². The Kier molecular flexibility index (Phi) is 2.57. The molecule has 62 valence electrons. The molecule has 0 radical (unpaired) electrons. The molecule has 0 aromatic rings. The fraction of sp³-hybridized carbons (Fsp3) is 0.800. The van der Waals surface area contributed by atoms with E-state index in [1.807, 2.05) is 13.8 Å². The molecule has 1 atom stereocenters. The van der Waals surface area contributed by atoms with Gasteiger partial charge < -0.3 is 5.11 Å². The highest BCUT2D eigenvalue weighted by Gasteiger charge is 2.38. The van der Waals surface area contributed by atoms with Crippen LogP contribution in [-0.2, 0) is 0 Å². The second-order valence-electron chi connectivity index (χ2n) is 3.56. The van der Waals surface area contributed by atoms with Gasteiger partial charge in [-0.05, 0) is 39.0 Å². The SMILES string of the molecule is CC#CCCC(C)(O)C1CC1. The maximum Gasteiger partial charge on any atom is 0.0656 e. The standard InChI is InChI=1S/C10H16O/c1-3-4-5-8-10(2,11)9-6-7-9/h9,11H,5-8H2,1-2H3. The van der Waals surface area contributed by atoms with E-state index in [1.54, 1.807) is 0 Å². The quantitative estimate of drug-likeness (QED) is 0.613. The summed E-state index contributed by atoms with van der Waals surface area (Å²) < 4.78 is 0. The second kappa shape index (κ2) is 3.28. The van der Waals surface area contributed by atoms with E-state index in [0.717, 1.165) is 12.8 Å². The van der Waals surface area contributed by atoms with Crippen LogP contribution in [0, 0.1) is 17.8 Å². The molecule has 0 saturated heterocycles. The Morgan fingerprint density at radius 3 is 2.64 bits per heavy atom. The van der Waals surface area contributed by atoms with Gasteiger partial charge in [0.1, 0.15) is 0 Å². The van der Waals surface area contributed by atoms with Crippen molar-refractivity contribution in [3.63, 3.8) is 0 Å². The Balaban J connectivity index is 2.25. The van der Waals surface area contributed by atoms with E-state index < -0.39 is 5.60 Å². The maximum atomic E-state index is 9.81. The van der Waals surface area contributed by atoms with Crippen LogP contribution in [0.3, 0.4) is 0 Å². The number of hydrogen-bond donors (Lipinski definition) is 1. The Morgan fingerprint density at radius 1 is 1.55 bits per heavy atom. The topological polar surface area (TPSA) is 20.2 Å². The molecule has 1 unspecified atom stereocenters. The highest BCUT2D eigenvalue weighted by Crippen LogP contribution is 2.41. The van der Waals surface area contributed by atoms with Crippen LogP contribution in [0.25, 0.3) is 0 Å². The number of aliphatic hydroxyl groups is 1. The zero-order valence-corrected chi connectivity index (χ0v) is 7.35. The molecule has 0 bridgehead atoms. The van der Waals surface area contributed by atoms with Crippen molar-refractivity contribution in [2.75, 3.05) is 0 Å². The molecule has 1 heteroatoms. The van der Waals surface area contributed by atoms with Crippen LogP contribution in [0.2, 0.25) is 0 Å². The van der Waals surface area contributed by atoms with Crippen molar-refractivity contribution in [2.45, 2.75) is 45.1 Å². The molecule has 1 aliphatic rings. The molecule has 0 aliphatic heterocycles. The Hall–Kier alpha value is -0.480. The first-order chi connectivity index (χ1) is 5.17. The van der Waals surface area contributed by atoms with Crippen molar-refractivity contribution >= 4 is 0 Å². The monoisotopic (exact) mass is 152 g/mol. The molecule has 0 aromatic carbocycles. The third-order valence-electron chi connectivity index (χ3n) is 2.39. The maximum absolute atomic E-state index is 9.81. The van der Waals surface area contributed by atoms with Crippen LogP contribution in [0.15, 0.2) is 0 Å². The summed E-state index contributed by atoms with van der Waals surface area (Å²) in [6.45, 7) is 3.77. The first kappa shape index (κ1) is 8.62. The first-order valence-corrected chi connectivity index (χ1v) is 4.29. The summed E-state index contributed by atoms with van der Waals surface area (Å²) in [6.07, 6.45) is 4.07. The lowest BCUT2D eigenvalue weighted by Gasteiger charge is -2.21. The second-order valence-corrected chi connectivity index (χ2v) is 3.56. The van der Waals surface area contributed by atoms with Crippen LogP contribution in [0.5, 0.6) is 0 Å². The summed E-state index contributed by atoms with van der Waals surface area (Å²) in [7, 11) is 0. The molecule has 1 fully saturated rings. The smallest absolute Gasteiger partial charge is 0.0656 e. The Bertz CT molecular complexity index is 179. The molecule has 1 saturated carbocycles. The molecule has 0 amide bonds. The lowest BCUT2D eigenvalue weighted by molar-refractivity contribution is 0.0296. The summed E-state index contributed by atoms with van der Waals surface area (Å²) in [5.41, 5.74) is -0.441. The zero-order chi connectivity index (χ0) is 8.32. The number of rotatable bonds is 3. The summed E-state index contributed by atoms with van der Waals surface area (Å²) in [5.74, 6) is 6.37. The molecule has 1 aliphatic carbocycles. The molecular weight excluding hydrogens is 136 g/mol.